The van der Waals surface area contributed by atoms with E-state index in [1.165, 1.54) is 37.5 Å². The zero-order chi connectivity index (χ0) is 18.0. The highest BCUT2D eigenvalue weighted by molar-refractivity contribution is 6.06. The lowest BCUT2D eigenvalue weighted by Gasteiger charge is -2.20. The molecule has 3 amide bonds. The lowest BCUT2D eigenvalue weighted by Crippen LogP contribution is -2.42. The van der Waals surface area contributed by atoms with E-state index >= 15 is 0 Å². The van der Waals surface area contributed by atoms with Gasteiger partial charge in [0, 0.05) is 0 Å². The second kappa shape index (κ2) is 6.56. The number of urea groups is 1. The maximum atomic E-state index is 12.8. The third kappa shape index (κ3) is 3.34. The molecule has 7 nitrogen and oxygen atoms in total. The Balaban J connectivity index is 1.61. The number of halogens is 1. The minimum atomic E-state index is -1.31. The minimum Gasteiger partial charge on any atom is -0.491 e. The number of rotatable bonds is 6. The molecule has 2 heterocycles. The Bertz CT molecular complexity index is 762. The second-order valence-electron chi connectivity index (χ2n) is 5.87. The summed E-state index contributed by atoms with van der Waals surface area (Å²) in [7, 11) is 0. The number of amides is 3. The van der Waals surface area contributed by atoms with Gasteiger partial charge in [-0.1, -0.05) is 0 Å². The first kappa shape index (κ1) is 17.0. The van der Waals surface area contributed by atoms with Crippen LogP contribution in [0.2, 0.25) is 0 Å². The van der Waals surface area contributed by atoms with E-state index in [-0.39, 0.29) is 13.2 Å². The zero-order valence-electron chi connectivity index (χ0n) is 13.4. The lowest BCUT2D eigenvalue weighted by atomic mass is 9.99. The average molecular weight is 348 g/mol. The van der Waals surface area contributed by atoms with Gasteiger partial charge in [0.2, 0.25) is 0 Å². The fourth-order valence-electron chi connectivity index (χ4n) is 2.58. The van der Waals surface area contributed by atoms with Crippen LogP contribution in [0.1, 0.15) is 12.7 Å². The molecule has 0 saturated carbocycles. The normalized spacial score (nSPS) is 21.3. The van der Waals surface area contributed by atoms with Crippen LogP contribution in [0.5, 0.6) is 5.75 Å². The molecule has 0 spiro atoms. The Kier molecular flexibility index (Phi) is 4.45. The zero-order valence-corrected chi connectivity index (χ0v) is 13.4. The van der Waals surface area contributed by atoms with Gasteiger partial charge in [0.15, 0.2) is 5.54 Å². The number of nitrogens with zero attached hydrogens (tertiary/aromatic N) is 1. The van der Waals surface area contributed by atoms with E-state index in [9.17, 15) is 19.1 Å². The summed E-state index contributed by atoms with van der Waals surface area (Å²) in [5.74, 6) is -0.235. The Morgan fingerprint density at radius 2 is 2.04 bits per heavy atom. The Labute approximate surface area is 143 Å². The van der Waals surface area contributed by atoms with Crippen molar-refractivity contribution in [1.82, 2.24) is 10.2 Å². The first-order chi connectivity index (χ1) is 11.9. The first-order valence-corrected chi connectivity index (χ1v) is 7.64. The van der Waals surface area contributed by atoms with Gasteiger partial charge in [0.1, 0.15) is 30.0 Å². The van der Waals surface area contributed by atoms with Gasteiger partial charge < -0.3 is 19.6 Å². The molecule has 1 aromatic heterocycles. The number of hydrogen-bond acceptors (Lipinski definition) is 5. The molecule has 2 unspecified atom stereocenters. The van der Waals surface area contributed by atoms with Gasteiger partial charge in [-0.25, -0.2) is 9.18 Å². The molecule has 1 aliphatic rings. The largest absolute Gasteiger partial charge is 0.491 e. The van der Waals surface area contributed by atoms with Gasteiger partial charge >= 0.3 is 6.03 Å². The summed E-state index contributed by atoms with van der Waals surface area (Å²) in [6.07, 6.45) is 0.312. The number of ether oxygens (including phenoxy) is 1. The predicted molar refractivity (Wildman–Crippen MR) is 84.2 cm³/mol. The van der Waals surface area contributed by atoms with Gasteiger partial charge in [-0.3, -0.25) is 9.69 Å². The molecule has 0 bridgehead atoms. The fourth-order valence-corrected chi connectivity index (χ4v) is 2.58. The maximum absolute atomic E-state index is 12.8. The van der Waals surface area contributed by atoms with E-state index in [0.29, 0.717) is 11.5 Å². The Morgan fingerprint density at radius 3 is 2.68 bits per heavy atom. The summed E-state index contributed by atoms with van der Waals surface area (Å²) < 4.78 is 23.4. The Hall–Kier alpha value is -2.87. The number of hydrogen-bond donors (Lipinski definition) is 2. The number of β-amino-alcohol motifs (C(OH)–C–C–N with tert-alkyl or cyclic N) is 1. The van der Waals surface area contributed by atoms with E-state index in [2.05, 4.69) is 5.32 Å². The van der Waals surface area contributed by atoms with Crippen LogP contribution in [0.4, 0.5) is 9.18 Å². The number of aliphatic hydroxyl groups is 1. The molecule has 2 aromatic rings. The minimum absolute atomic E-state index is 0.153. The Morgan fingerprint density at radius 1 is 1.32 bits per heavy atom. The summed E-state index contributed by atoms with van der Waals surface area (Å²) >= 11 is 0. The standard InChI is InChI=1S/C17H17FN2O5/c1-17(14-3-2-8-24-14)15(22)20(16(23)19-17)9-12(21)10-25-13-6-4-11(18)5-7-13/h2-8,12,21H,9-10H2,1H3,(H,19,23). The van der Waals surface area contributed by atoms with Crippen molar-refractivity contribution in [2.45, 2.75) is 18.6 Å². The molecule has 0 radical (unpaired) electrons. The highest BCUT2D eigenvalue weighted by atomic mass is 19.1. The summed E-state index contributed by atoms with van der Waals surface area (Å²) in [4.78, 5) is 25.6. The molecule has 1 saturated heterocycles. The molecule has 1 aromatic carbocycles. The third-order valence-corrected chi connectivity index (χ3v) is 3.94. The smallest absolute Gasteiger partial charge is 0.325 e. The fraction of sp³-hybridized carbons (Fsp3) is 0.294. The van der Waals surface area contributed by atoms with Crippen LogP contribution < -0.4 is 10.1 Å². The van der Waals surface area contributed by atoms with Crippen molar-refractivity contribution < 1.29 is 28.2 Å². The van der Waals surface area contributed by atoms with Gasteiger partial charge in [-0.2, -0.15) is 0 Å². The van der Waals surface area contributed by atoms with Crippen LogP contribution in [0, 0.1) is 5.82 Å². The number of benzene rings is 1. The third-order valence-electron chi connectivity index (χ3n) is 3.94. The number of imide groups is 1. The summed E-state index contributed by atoms with van der Waals surface area (Å²) in [6.45, 7) is 1.15. The second-order valence-corrected chi connectivity index (χ2v) is 5.87. The number of carbonyl (C=O) groups excluding carboxylic acids is 2. The van der Waals surface area contributed by atoms with Crippen molar-refractivity contribution in [2.75, 3.05) is 13.2 Å². The van der Waals surface area contributed by atoms with Gasteiger partial charge in [-0.05, 0) is 43.3 Å². The summed E-state index contributed by atoms with van der Waals surface area (Å²) in [5.41, 5.74) is -1.31. The first-order valence-electron chi connectivity index (χ1n) is 7.64. The van der Waals surface area contributed by atoms with Crippen molar-refractivity contribution in [2.24, 2.45) is 0 Å². The maximum Gasteiger partial charge on any atom is 0.325 e. The SMILES string of the molecule is CC1(c2ccco2)NC(=O)N(CC(O)COc2ccc(F)cc2)C1=O. The molecule has 2 N–H and O–H groups in total. The van der Waals surface area contributed by atoms with E-state index < -0.39 is 29.4 Å². The predicted octanol–water partition coefficient (Wildman–Crippen LogP) is 1.63. The van der Waals surface area contributed by atoms with Crippen molar-refractivity contribution in [1.29, 1.82) is 0 Å². The number of nitrogens with one attached hydrogen (secondary N) is 1. The van der Waals surface area contributed by atoms with Crippen molar-refractivity contribution in [3.05, 3.63) is 54.2 Å². The quantitative estimate of drug-likeness (QED) is 0.774. The van der Waals surface area contributed by atoms with Crippen LogP contribution in [0.3, 0.4) is 0 Å². The molecule has 2 atom stereocenters. The highest BCUT2D eigenvalue weighted by Crippen LogP contribution is 2.29. The van der Waals surface area contributed by atoms with Crippen LogP contribution >= 0.6 is 0 Å². The number of carbonyl (C=O) groups is 2. The monoisotopic (exact) mass is 348 g/mol. The molecule has 0 aliphatic carbocycles. The molecule has 25 heavy (non-hydrogen) atoms. The van der Waals surface area contributed by atoms with E-state index in [1.807, 2.05) is 0 Å². The molecular formula is C17H17FN2O5. The van der Waals surface area contributed by atoms with Crippen LogP contribution in [-0.2, 0) is 10.3 Å². The average Bonchev–Trinajstić information content (AvgIpc) is 3.19. The molecule has 1 fully saturated rings. The number of furan rings is 1. The van der Waals surface area contributed by atoms with Crippen LogP contribution in [0.25, 0.3) is 0 Å². The van der Waals surface area contributed by atoms with Crippen LogP contribution in [0.15, 0.2) is 47.1 Å². The summed E-state index contributed by atoms with van der Waals surface area (Å²) in [5, 5.41) is 12.6. The lowest BCUT2D eigenvalue weighted by molar-refractivity contribution is -0.132. The molecule has 8 heteroatoms. The van der Waals surface area contributed by atoms with Gasteiger partial charge in [0.25, 0.3) is 5.91 Å². The molecule has 1 aliphatic heterocycles. The topological polar surface area (TPSA) is 92.0 Å². The van der Waals surface area contributed by atoms with Crippen LogP contribution in [-0.4, -0.2) is 41.2 Å². The molecular weight excluding hydrogens is 331 g/mol. The van der Waals surface area contributed by atoms with E-state index in [1.54, 1.807) is 12.1 Å². The van der Waals surface area contributed by atoms with Gasteiger partial charge in [-0.15, -0.1) is 0 Å². The van der Waals surface area contributed by atoms with Crippen molar-refractivity contribution in [3.8, 4) is 5.75 Å². The van der Waals surface area contributed by atoms with Crippen molar-refractivity contribution >= 4 is 11.9 Å². The van der Waals surface area contributed by atoms with E-state index in [4.69, 9.17) is 9.15 Å². The molecule has 132 valence electrons. The van der Waals surface area contributed by atoms with Crippen molar-refractivity contribution in [3.63, 3.8) is 0 Å². The molecule has 3 rings (SSSR count). The highest BCUT2D eigenvalue weighted by Gasteiger charge is 2.51. The number of aliphatic hydroxyl groups excluding tert-OH is 1. The summed E-state index contributed by atoms with van der Waals surface area (Å²) in [6, 6.07) is 7.89. The van der Waals surface area contributed by atoms with Gasteiger partial charge in [0.05, 0.1) is 12.8 Å². The van der Waals surface area contributed by atoms with E-state index in [0.717, 1.165) is 4.90 Å².